The van der Waals surface area contributed by atoms with E-state index >= 15 is 0 Å². The van der Waals surface area contributed by atoms with Gasteiger partial charge in [-0.05, 0) is 55.9 Å². The molecule has 1 aliphatic rings. The monoisotopic (exact) mass is 403 g/mol. The average Bonchev–Trinajstić information content (AvgIpc) is 2.68. The summed E-state index contributed by atoms with van der Waals surface area (Å²) in [5, 5.41) is 0.191. The zero-order valence-electron chi connectivity index (χ0n) is 15.7. The van der Waals surface area contributed by atoms with Crippen molar-refractivity contribution in [2.45, 2.75) is 32.3 Å². The molecular formula is C22H23ClFNO3. The molecule has 1 amide bonds. The summed E-state index contributed by atoms with van der Waals surface area (Å²) in [6.07, 6.45) is 1.86. The number of hydrogen-bond acceptors (Lipinski definition) is 3. The van der Waals surface area contributed by atoms with E-state index in [4.69, 9.17) is 16.3 Å². The predicted molar refractivity (Wildman–Crippen MR) is 106 cm³/mol. The third-order valence-corrected chi connectivity index (χ3v) is 5.31. The van der Waals surface area contributed by atoms with Crippen LogP contribution in [0.5, 0.6) is 0 Å². The molecule has 1 aliphatic heterocycles. The lowest BCUT2D eigenvalue weighted by molar-refractivity contribution is -0.141. The van der Waals surface area contributed by atoms with Gasteiger partial charge in [-0.3, -0.25) is 4.79 Å². The van der Waals surface area contributed by atoms with Gasteiger partial charge in [0.1, 0.15) is 5.82 Å². The van der Waals surface area contributed by atoms with Gasteiger partial charge in [0.05, 0.1) is 5.56 Å². The summed E-state index contributed by atoms with van der Waals surface area (Å²) in [7, 11) is 0. The summed E-state index contributed by atoms with van der Waals surface area (Å²) in [6, 6.07) is 14.0. The highest BCUT2D eigenvalue weighted by Gasteiger charge is 2.29. The number of likely N-dealkylation sites (tertiary alicyclic amines) is 1. The second-order valence-electron chi connectivity index (χ2n) is 7.13. The van der Waals surface area contributed by atoms with Gasteiger partial charge in [0.15, 0.2) is 6.10 Å². The number of amides is 1. The molecular weight excluding hydrogens is 381 g/mol. The zero-order chi connectivity index (χ0) is 20.1. The van der Waals surface area contributed by atoms with E-state index in [0.717, 1.165) is 25.3 Å². The zero-order valence-corrected chi connectivity index (χ0v) is 16.5. The Morgan fingerprint density at radius 3 is 2.50 bits per heavy atom. The van der Waals surface area contributed by atoms with Crippen molar-refractivity contribution < 1.29 is 18.7 Å². The van der Waals surface area contributed by atoms with Gasteiger partial charge in [0.2, 0.25) is 0 Å². The average molecular weight is 404 g/mol. The number of rotatable bonds is 5. The first kappa shape index (κ1) is 20.3. The molecule has 0 radical (unpaired) electrons. The molecule has 0 spiro atoms. The highest BCUT2D eigenvalue weighted by molar-refractivity contribution is 6.30. The van der Waals surface area contributed by atoms with Crippen molar-refractivity contribution in [2.24, 2.45) is 5.92 Å². The molecule has 0 aliphatic carbocycles. The van der Waals surface area contributed by atoms with E-state index < -0.39 is 17.9 Å². The highest BCUT2D eigenvalue weighted by atomic mass is 35.5. The third kappa shape index (κ3) is 5.10. The Bertz CT molecular complexity index is 835. The number of piperidine rings is 1. The molecule has 1 saturated heterocycles. The summed E-state index contributed by atoms with van der Waals surface area (Å²) < 4.78 is 19.0. The fourth-order valence-corrected chi connectivity index (χ4v) is 3.65. The Morgan fingerprint density at radius 2 is 1.86 bits per heavy atom. The molecule has 1 heterocycles. The van der Waals surface area contributed by atoms with Crippen LogP contribution in [0.3, 0.4) is 0 Å². The highest BCUT2D eigenvalue weighted by Crippen LogP contribution is 2.23. The number of hydrogen-bond donors (Lipinski definition) is 0. The van der Waals surface area contributed by atoms with E-state index in [9.17, 15) is 14.0 Å². The number of nitrogens with zero attached hydrogens (tertiary/aromatic N) is 1. The molecule has 3 rings (SSSR count). The van der Waals surface area contributed by atoms with Crippen LogP contribution in [-0.4, -0.2) is 36.0 Å². The van der Waals surface area contributed by atoms with Crippen molar-refractivity contribution in [3.8, 4) is 0 Å². The second kappa shape index (κ2) is 9.20. The van der Waals surface area contributed by atoms with E-state index in [2.05, 4.69) is 12.1 Å². The summed E-state index contributed by atoms with van der Waals surface area (Å²) in [4.78, 5) is 26.5. The van der Waals surface area contributed by atoms with Gasteiger partial charge in [-0.15, -0.1) is 0 Å². The van der Waals surface area contributed by atoms with Gasteiger partial charge < -0.3 is 9.64 Å². The number of esters is 1. The number of carbonyl (C=O) groups is 2. The number of carbonyl (C=O) groups excluding carboxylic acids is 2. The van der Waals surface area contributed by atoms with Crippen molar-refractivity contribution in [3.63, 3.8) is 0 Å². The Balaban J connectivity index is 1.51. The van der Waals surface area contributed by atoms with Crippen LogP contribution in [-0.2, 0) is 16.0 Å². The van der Waals surface area contributed by atoms with E-state index in [1.165, 1.54) is 24.6 Å². The number of halogens is 2. The molecule has 6 heteroatoms. The largest absolute Gasteiger partial charge is 0.449 e. The van der Waals surface area contributed by atoms with E-state index in [1.54, 1.807) is 4.90 Å². The lowest BCUT2D eigenvalue weighted by Crippen LogP contribution is -2.44. The maximum atomic E-state index is 13.8. The van der Waals surface area contributed by atoms with Gasteiger partial charge in [0.25, 0.3) is 5.91 Å². The standard InChI is InChI=1S/C22H23ClFNO3/c1-15(28-22(27)19-8-7-18(23)14-20(19)24)21(26)25-11-9-17(10-12-25)13-16-5-3-2-4-6-16/h2-8,14-15,17H,9-13H2,1H3/t15-/m0/s1. The number of ether oxygens (including phenoxy) is 1. The molecule has 1 atom stereocenters. The van der Waals surface area contributed by atoms with Gasteiger partial charge in [-0.25, -0.2) is 9.18 Å². The van der Waals surface area contributed by atoms with Crippen molar-refractivity contribution >= 4 is 23.5 Å². The quantitative estimate of drug-likeness (QED) is 0.690. The summed E-state index contributed by atoms with van der Waals surface area (Å²) in [6.45, 7) is 2.78. The van der Waals surface area contributed by atoms with Gasteiger partial charge >= 0.3 is 5.97 Å². The molecule has 0 unspecified atom stereocenters. The van der Waals surface area contributed by atoms with Crippen molar-refractivity contribution in [2.75, 3.05) is 13.1 Å². The van der Waals surface area contributed by atoms with Crippen LogP contribution in [0.4, 0.5) is 4.39 Å². The Hall–Kier alpha value is -2.40. The molecule has 0 bridgehead atoms. The maximum Gasteiger partial charge on any atom is 0.341 e. The minimum atomic E-state index is -0.965. The minimum Gasteiger partial charge on any atom is -0.449 e. The molecule has 4 nitrogen and oxygen atoms in total. The lowest BCUT2D eigenvalue weighted by atomic mass is 9.90. The van der Waals surface area contributed by atoms with Crippen LogP contribution in [0, 0.1) is 11.7 Å². The van der Waals surface area contributed by atoms with Crippen molar-refractivity contribution in [3.05, 3.63) is 70.5 Å². The fraction of sp³-hybridized carbons (Fsp3) is 0.364. The van der Waals surface area contributed by atoms with Crippen LogP contribution in [0.2, 0.25) is 5.02 Å². The molecule has 0 N–H and O–H groups in total. The topological polar surface area (TPSA) is 46.6 Å². The Kier molecular flexibility index (Phi) is 6.68. The number of benzene rings is 2. The summed E-state index contributed by atoms with van der Waals surface area (Å²) in [5.41, 5.74) is 1.07. The van der Waals surface area contributed by atoms with Gasteiger partial charge in [-0.2, -0.15) is 0 Å². The van der Waals surface area contributed by atoms with Crippen molar-refractivity contribution in [1.29, 1.82) is 0 Å². The normalized spacial score (nSPS) is 15.9. The van der Waals surface area contributed by atoms with E-state index in [1.807, 2.05) is 18.2 Å². The molecule has 148 valence electrons. The first-order valence-corrected chi connectivity index (χ1v) is 9.80. The van der Waals surface area contributed by atoms with Crippen molar-refractivity contribution in [1.82, 2.24) is 4.90 Å². The predicted octanol–water partition coefficient (Wildman–Crippen LogP) is 4.51. The molecule has 1 fully saturated rings. The summed E-state index contributed by atoms with van der Waals surface area (Å²) >= 11 is 5.69. The third-order valence-electron chi connectivity index (χ3n) is 5.08. The van der Waals surface area contributed by atoms with E-state index in [-0.39, 0.29) is 16.5 Å². The van der Waals surface area contributed by atoms with Crippen LogP contribution in [0.25, 0.3) is 0 Å². The van der Waals surface area contributed by atoms with E-state index in [0.29, 0.717) is 19.0 Å². The van der Waals surface area contributed by atoms with Crippen LogP contribution < -0.4 is 0 Å². The molecule has 0 saturated carbocycles. The Morgan fingerprint density at radius 1 is 1.18 bits per heavy atom. The lowest BCUT2D eigenvalue weighted by Gasteiger charge is -2.33. The smallest absolute Gasteiger partial charge is 0.341 e. The van der Waals surface area contributed by atoms with Crippen LogP contribution in [0.15, 0.2) is 48.5 Å². The van der Waals surface area contributed by atoms with Crippen LogP contribution in [0.1, 0.15) is 35.7 Å². The molecule has 0 aromatic heterocycles. The Labute approximate surface area is 169 Å². The fourth-order valence-electron chi connectivity index (χ4n) is 3.49. The maximum absolute atomic E-state index is 13.8. The molecule has 2 aromatic rings. The van der Waals surface area contributed by atoms with Gasteiger partial charge in [-0.1, -0.05) is 41.9 Å². The molecule has 28 heavy (non-hydrogen) atoms. The summed E-state index contributed by atoms with van der Waals surface area (Å²) in [5.74, 6) is -1.35. The SMILES string of the molecule is C[C@H](OC(=O)c1ccc(Cl)cc1F)C(=O)N1CCC(Cc2ccccc2)CC1. The first-order chi connectivity index (χ1) is 13.4. The minimum absolute atomic E-state index is 0.191. The molecule has 2 aromatic carbocycles. The second-order valence-corrected chi connectivity index (χ2v) is 7.57. The van der Waals surface area contributed by atoms with Crippen LogP contribution >= 0.6 is 11.6 Å². The first-order valence-electron chi connectivity index (χ1n) is 9.43. The van der Waals surface area contributed by atoms with Gasteiger partial charge in [0, 0.05) is 18.1 Å².